The minimum Gasteiger partial charge on any atom is -0.479 e. The number of hydrogen-bond donors (Lipinski definition) is 6. The van der Waals surface area contributed by atoms with Crippen LogP contribution in [0.15, 0.2) is 91.0 Å². The van der Waals surface area contributed by atoms with Gasteiger partial charge in [0.2, 0.25) is 5.91 Å². The molecule has 3 rings (SSSR count). The lowest BCUT2D eigenvalue weighted by atomic mass is 9.84. The van der Waals surface area contributed by atoms with Gasteiger partial charge in [-0.15, -0.1) is 11.8 Å². The third-order valence-corrected chi connectivity index (χ3v) is 6.86. The summed E-state index contributed by atoms with van der Waals surface area (Å²) in [6.45, 7) is 0. The monoisotopic (exact) mass is 512 g/mol. The number of primary amides is 1. The molecule has 0 saturated carbocycles. The van der Waals surface area contributed by atoms with Gasteiger partial charge in [0.25, 0.3) is 0 Å². The molecule has 0 saturated heterocycles. The number of rotatable bonds is 10. The number of hydrogen-bond acceptors (Lipinski definition) is 7. The van der Waals surface area contributed by atoms with Crippen molar-refractivity contribution in [1.29, 1.82) is 0 Å². The van der Waals surface area contributed by atoms with Crippen LogP contribution >= 0.6 is 11.8 Å². The van der Waals surface area contributed by atoms with Crippen molar-refractivity contribution in [3.8, 4) is 0 Å². The summed E-state index contributed by atoms with van der Waals surface area (Å²) in [5.41, 5.74) is 14.8. The number of benzene rings is 3. The van der Waals surface area contributed by atoms with Gasteiger partial charge in [0.1, 0.15) is 0 Å². The van der Waals surface area contributed by atoms with Crippen molar-refractivity contribution in [3.63, 3.8) is 0 Å². The van der Waals surface area contributed by atoms with Crippen molar-refractivity contribution in [2.75, 3.05) is 5.75 Å². The summed E-state index contributed by atoms with van der Waals surface area (Å²) in [6.07, 6.45) is -4.53. The SMILES string of the molecule is NC(=O)[C@H](N)CSC(c1ccccc1)(c1ccccc1)c1ccccc1.O=C(O)[C@@H](O)[C@H](O)C(=O)O. The fourth-order valence-electron chi connectivity index (χ4n) is 3.34. The predicted octanol–water partition coefficient (Wildman–Crippen LogP) is 1.40. The summed E-state index contributed by atoms with van der Waals surface area (Å²) < 4.78 is -0.475. The lowest BCUT2D eigenvalue weighted by Gasteiger charge is -2.36. The average molecular weight is 513 g/mol. The van der Waals surface area contributed by atoms with E-state index >= 15 is 0 Å². The maximum atomic E-state index is 11.5. The quantitative estimate of drug-likeness (QED) is 0.219. The van der Waals surface area contributed by atoms with Crippen molar-refractivity contribution < 1.29 is 34.8 Å². The molecule has 0 spiro atoms. The van der Waals surface area contributed by atoms with Gasteiger partial charge in [-0.25, -0.2) is 9.59 Å². The number of aliphatic hydroxyl groups is 2. The molecule has 0 fully saturated rings. The van der Waals surface area contributed by atoms with E-state index < -0.39 is 40.8 Å². The van der Waals surface area contributed by atoms with E-state index in [0.29, 0.717) is 5.75 Å². The highest BCUT2D eigenvalue weighted by Gasteiger charge is 2.37. The molecule has 0 radical (unpaired) electrons. The van der Waals surface area contributed by atoms with Crippen LogP contribution in [0.1, 0.15) is 16.7 Å². The Kier molecular flexibility index (Phi) is 10.6. The standard InChI is InChI=1S/C22H22N2OS.C4H6O6/c23-20(21(24)25)16-26-22(17-10-4-1-5-11-17,18-12-6-2-7-13-18)19-14-8-3-9-15-19;5-1(3(7)8)2(6)4(9)10/h1-15,20H,16,23H2,(H2,24,25);1-2,5-6H,(H,7,8)(H,9,10)/t20-;1-,2-/m10/s1. The Balaban J connectivity index is 0.000000388. The van der Waals surface area contributed by atoms with Gasteiger partial charge in [-0.2, -0.15) is 0 Å². The van der Waals surface area contributed by atoms with E-state index in [1.165, 1.54) is 0 Å². The molecule has 10 heteroatoms. The van der Waals surface area contributed by atoms with E-state index in [2.05, 4.69) is 36.4 Å². The Bertz CT molecular complexity index is 1020. The number of aliphatic hydroxyl groups excluding tert-OH is 2. The van der Waals surface area contributed by atoms with E-state index in [1.54, 1.807) is 11.8 Å². The topological polar surface area (TPSA) is 184 Å². The Morgan fingerprint density at radius 1 is 0.694 bits per heavy atom. The smallest absolute Gasteiger partial charge is 0.335 e. The van der Waals surface area contributed by atoms with Gasteiger partial charge in [0, 0.05) is 5.75 Å². The summed E-state index contributed by atoms with van der Waals surface area (Å²) in [4.78, 5) is 31.1. The Morgan fingerprint density at radius 3 is 1.25 bits per heavy atom. The van der Waals surface area contributed by atoms with Gasteiger partial charge in [0.05, 0.1) is 10.8 Å². The number of carboxylic acids is 2. The number of aliphatic carboxylic acids is 2. The molecule has 1 amide bonds. The van der Waals surface area contributed by atoms with Gasteiger partial charge in [-0.05, 0) is 16.7 Å². The number of nitrogens with two attached hydrogens (primary N) is 2. The van der Waals surface area contributed by atoms with Crippen LogP contribution in [0.4, 0.5) is 0 Å². The molecule has 3 atom stereocenters. The average Bonchev–Trinajstić information content (AvgIpc) is 2.90. The summed E-state index contributed by atoms with van der Waals surface area (Å²) in [7, 11) is 0. The second-order valence-corrected chi connectivity index (χ2v) is 8.90. The largest absolute Gasteiger partial charge is 0.479 e. The van der Waals surface area contributed by atoms with Crippen molar-refractivity contribution in [3.05, 3.63) is 108 Å². The molecule has 36 heavy (non-hydrogen) atoms. The first-order valence-electron chi connectivity index (χ1n) is 10.8. The van der Waals surface area contributed by atoms with Crippen LogP contribution < -0.4 is 11.5 Å². The minimum absolute atomic E-state index is 0.425. The van der Waals surface area contributed by atoms with Crippen LogP contribution in [0.5, 0.6) is 0 Å². The molecular weight excluding hydrogens is 484 g/mol. The first-order valence-corrected chi connectivity index (χ1v) is 11.8. The third kappa shape index (κ3) is 7.15. The fraction of sp³-hybridized carbons (Fsp3) is 0.192. The highest BCUT2D eigenvalue weighted by Crippen LogP contribution is 2.48. The van der Waals surface area contributed by atoms with E-state index in [1.807, 2.05) is 54.6 Å². The molecule has 8 N–H and O–H groups in total. The summed E-state index contributed by atoms with van der Waals surface area (Å²) >= 11 is 1.64. The summed E-state index contributed by atoms with van der Waals surface area (Å²) in [6, 6.07) is 30.2. The molecule has 0 aliphatic carbocycles. The Labute approximate surface area is 212 Å². The highest BCUT2D eigenvalue weighted by molar-refractivity contribution is 8.00. The number of amides is 1. The number of carbonyl (C=O) groups excluding carboxylic acids is 1. The van der Waals surface area contributed by atoms with Crippen LogP contribution in [-0.2, 0) is 19.1 Å². The minimum atomic E-state index is -2.27. The van der Waals surface area contributed by atoms with Crippen LogP contribution in [0.3, 0.4) is 0 Å². The molecule has 9 nitrogen and oxygen atoms in total. The maximum Gasteiger partial charge on any atom is 0.335 e. The fourth-order valence-corrected chi connectivity index (χ4v) is 4.84. The van der Waals surface area contributed by atoms with Crippen LogP contribution in [0.2, 0.25) is 0 Å². The molecule has 0 aromatic heterocycles. The zero-order valence-electron chi connectivity index (χ0n) is 19.2. The van der Waals surface area contributed by atoms with Crippen molar-refractivity contribution in [2.24, 2.45) is 11.5 Å². The summed E-state index contributed by atoms with van der Waals surface area (Å²) in [5.74, 6) is -3.60. The van der Waals surface area contributed by atoms with Crippen molar-refractivity contribution in [2.45, 2.75) is 23.0 Å². The van der Waals surface area contributed by atoms with Crippen molar-refractivity contribution >= 4 is 29.6 Å². The van der Waals surface area contributed by atoms with Crippen LogP contribution in [0, 0.1) is 0 Å². The second kappa shape index (κ2) is 13.4. The zero-order chi connectivity index (χ0) is 26.7. The Morgan fingerprint density at radius 2 is 1.00 bits per heavy atom. The number of carboxylic acid groups (broad SMARTS) is 2. The van der Waals surface area contributed by atoms with Gasteiger partial charge in [-0.1, -0.05) is 91.0 Å². The molecule has 0 heterocycles. The van der Waals surface area contributed by atoms with Gasteiger partial charge in [-0.3, -0.25) is 4.79 Å². The molecule has 0 unspecified atom stereocenters. The van der Waals surface area contributed by atoms with Gasteiger partial charge in [0.15, 0.2) is 12.2 Å². The lowest BCUT2D eigenvalue weighted by molar-refractivity contribution is -0.165. The van der Waals surface area contributed by atoms with Gasteiger partial charge >= 0.3 is 11.9 Å². The summed E-state index contributed by atoms with van der Waals surface area (Å²) in [5, 5.41) is 32.5. The van der Waals surface area contributed by atoms with E-state index in [0.717, 1.165) is 16.7 Å². The number of thioether (sulfide) groups is 1. The molecule has 0 aliphatic heterocycles. The number of carbonyl (C=O) groups is 3. The Hall–Kier alpha value is -3.70. The van der Waals surface area contributed by atoms with Gasteiger partial charge < -0.3 is 31.9 Å². The molecular formula is C26H28N2O7S. The molecule has 3 aromatic carbocycles. The van der Waals surface area contributed by atoms with E-state index in [-0.39, 0.29) is 0 Å². The molecule has 3 aromatic rings. The first kappa shape index (κ1) is 28.5. The van der Waals surface area contributed by atoms with E-state index in [4.69, 9.17) is 31.9 Å². The lowest BCUT2D eigenvalue weighted by Crippen LogP contribution is -2.40. The molecule has 0 aliphatic rings. The van der Waals surface area contributed by atoms with Crippen molar-refractivity contribution in [1.82, 2.24) is 0 Å². The van der Waals surface area contributed by atoms with Crippen LogP contribution in [0.25, 0.3) is 0 Å². The molecule has 190 valence electrons. The normalized spacial score (nSPS) is 13.4. The third-order valence-electron chi connectivity index (χ3n) is 5.19. The zero-order valence-corrected chi connectivity index (χ0v) is 20.0. The predicted molar refractivity (Wildman–Crippen MR) is 136 cm³/mol. The molecule has 0 bridgehead atoms. The first-order chi connectivity index (χ1) is 17.1. The highest BCUT2D eigenvalue weighted by atomic mass is 32.2. The van der Waals surface area contributed by atoms with E-state index in [9.17, 15) is 14.4 Å². The second-order valence-electron chi connectivity index (χ2n) is 7.67. The maximum absolute atomic E-state index is 11.5. The van der Waals surface area contributed by atoms with Crippen LogP contribution in [-0.4, -0.2) is 62.3 Å².